The van der Waals surface area contributed by atoms with Gasteiger partial charge in [-0.1, -0.05) is 23.2 Å². The summed E-state index contributed by atoms with van der Waals surface area (Å²) in [7, 11) is -2.42. The highest BCUT2D eigenvalue weighted by Gasteiger charge is 2.23. The smallest absolute Gasteiger partial charge is 0.282 e. The first kappa shape index (κ1) is 14.1. The number of imidazole rings is 1. The second-order valence-electron chi connectivity index (χ2n) is 3.68. The summed E-state index contributed by atoms with van der Waals surface area (Å²) in [4.78, 5) is 3.69. The maximum Gasteiger partial charge on any atom is 0.282 e. The molecule has 0 amide bonds. The van der Waals surface area contributed by atoms with Crippen molar-refractivity contribution in [3.63, 3.8) is 0 Å². The molecule has 0 unspecified atom stereocenters. The molecule has 1 aromatic carbocycles. The molecule has 19 heavy (non-hydrogen) atoms. The number of aromatic nitrogens is 2. The van der Waals surface area contributed by atoms with E-state index >= 15 is 0 Å². The van der Waals surface area contributed by atoms with E-state index in [1.165, 1.54) is 17.0 Å². The zero-order valence-electron chi connectivity index (χ0n) is 9.56. The fourth-order valence-corrected chi connectivity index (χ4v) is 3.12. The van der Waals surface area contributed by atoms with Crippen molar-refractivity contribution in [2.45, 2.75) is 5.03 Å². The molecule has 0 bridgehead atoms. The Labute approximate surface area is 119 Å². The molecule has 2 aromatic rings. The Morgan fingerprint density at radius 2 is 2.05 bits per heavy atom. The summed E-state index contributed by atoms with van der Waals surface area (Å²) in [6.45, 7) is 0. The van der Waals surface area contributed by atoms with Crippen molar-refractivity contribution in [1.29, 1.82) is 0 Å². The molecule has 0 saturated carbocycles. The maximum absolute atomic E-state index is 12.9. The summed E-state index contributed by atoms with van der Waals surface area (Å²) in [5.74, 6) is -0.566. The molecule has 0 fully saturated rings. The highest BCUT2D eigenvalue weighted by atomic mass is 35.5. The molecule has 1 N–H and O–H groups in total. The van der Waals surface area contributed by atoms with Crippen LogP contribution in [0.15, 0.2) is 29.6 Å². The van der Waals surface area contributed by atoms with Crippen LogP contribution >= 0.6 is 23.2 Å². The molecule has 9 heteroatoms. The van der Waals surface area contributed by atoms with Crippen LogP contribution in [0.4, 0.5) is 10.1 Å². The van der Waals surface area contributed by atoms with Gasteiger partial charge in [0, 0.05) is 7.05 Å². The van der Waals surface area contributed by atoms with Gasteiger partial charge in [-0.15, -0.1) is 0 Å². The van der Waals surface area contributed by atoms with E-state index < -0.39 is 15.8 Å². The predicted octanol–water partition coefficient (Wildman–Crippen LogP) is 2.67. The van der Waals surface area contributed by atoms with Gasteiger partial charge in [0.2, 0.25) is 5.03 Å². The van der Waals surface area contributed by atoms with Gasteiger partial charge < -0.3 is 4.57 Å². The van der Waals surface area contributed by atoms with Gasteiger partial charge in [0.25, 0.3) is 10.0 Å². The Balaban J connectivity index is 2.39. The first-order chi connectivity index (χ1) is 8.81. The molecule has 0 aliphatic heterocycles. The van der Waals surface area contributed by atoms with Crippen LogP contribution in [0, 0.1) is 5.82 Å². The molecule has 2 rings (SSSR count). The summed E-state index contributed by atoms with van der Waals surface area (Å²) < 4.78 is 40.5. The monoisotopic (exact) mass is 323 g/mol. The lowest BCUT2D eigenvalue weighted by Gasteiger charge is -2.08. The molecule has 0 aliphatic rings. The number of sulfonamides is 1. The average molecular weight is 324 g/mol. The normalized spacial score (nSPS) is 11.6. The number of rotatable bonds is 3. The van der Waals surface area contributed by atoms with Crippen molar-refractivity contribution >= 4 is 38.9 Å². The lowest BCUT2D eigenvalue weighted by molar-refractivity contribution is 0.598. The molecule has 1 heterocycles. The number of halogens is 3. The Kier molecular flexibility index (Phi) is 3.71. The van der Waals surface area contributed by atoms with Crippen LogP contribution in [0.1, 0.15) is 0 Å². The lowest BCUT2D eigenvalue weighted by Crippen LogP contribution is -2.14. The lowest BCUT2D eigenvalue weighted by atomic mass is 10.3. The third-order valence-electron chi connectivity index (χ3n) is 2.26. The molecule has 1 aromatic heterocycles. The zero-order valence-corrected chi connectivity index (χ0v) is 11.9. The first-order valence-corrected chi connectivity index (χ1v) is 7.20. The molecule has 102 valence electrons. The number of aryl methyl sites for hydroxylation is 1. The SMILES string of the molecule is Cn1cnc(S(=O)(=O)Nc2ccc(F)cc2Cl)c1Cl. The average Bonchev–Trinajstić information content (AvgIpc) is 2.64. The van der Waals surface area contributed by atoms with Crippen molar-refractivity contribution < 1.29 is 12.8 Å². The number of hydrogen-bond acceptors (Lipinski definition) is 3. The Morgan fingerprint density at radius 1 is 1.37 bits per heavy atom. The van der Waals surface area contributed by atoms with Crippen LogP contribution in [-0.4, -0.2) is 18.0 Å². The number of anilines is 1. The van der Waals surface area contributed by atoms with E-state index in [0.717, 1.165) is 12.1 Å². The fraction of sp³-hybridized carbons (Fsp3) is 0.100. The predicted molar refractivity (Wildman–Crippen MR) is 70.4 cm³/mol. The quantitative estimate of drug-likeness (QED) is 0.944. The van der Waals surface area contributed by atoms with Gasteiger partial charge in [-0.3, -0.25) is 4.72 Å². The number of nitrogens with one attached hydrogen (secondary N) is 1. The van der Waals surface area contributed by atoms with Crippen molar-refractivity contribution in [3.8, 4) is 0 Å². The first-order valence-electron chi connectivity index (χ1n) is 4.96. The Bertz CT molecular complexity index is 730. The third-order valence-corrected chi connectivity index (χ3v) is 4.43. The van der Waals surface area contributed by atoms with Crippen LogP contribution in [0.2, 0.25) is 10.2 Å². The van der Waals surface area contributed by atoms with Crippen LogP contribution in [0.5, 0.6) is 0 Å². The topological polar surface area (TPSA) is 64.0 Å². The highest BCUT2D eigenvalue weighted by Crippen LogP contribution is 2.27. The molecule has 0 aliphatic carbocycles. The summed E-state index contributed by atoms with van der Waals surface area (Å²) in [5.41, 5.74) is 0.0461. The van der Waals surface area contributed by atoms with E-state index in [-0.39, 0.29) is 20.9 Å². The highest BCUT2D eigenvalue weighted by molar-refractivity contribution is 7.92. The molecule has 0 saturated heterocycles. The van der Waals surface area contributed by atoms with Gasteiger partial charge in [0.15, 0.2) is 0 Å². The van der Waals surface area contributed by atoms with E-state index in [2.05, 4.69) is 9.71 Å². The second-order valence-corrected chi connectivity index (χ2v) is 6.04. The fourth-order valence-electron chi connectivity index (χ4n) is 1.34. The third kappa shape index (κ3) is 2.83. The van der Waals surface area contributed by atoms with E-state index in [0.29, 0.717) is 0 Å². The van der Waals surface area contributed by atoms with Gasteiger partial charge in [0.05, 0.1) is 17.0 Å². The van der Waals surface area contributed by atoms with Crippen LogP contribution in [0.3, 0.4) is 0 Å². The molecule has 0 radical (unpaired) electrons. The Morgan fingerprint density at radius 3 is 2.58 bits per heavy atom. The van der Waals surface area contributed by atoms with Crippen molar-refractivity contribution in [1.82, 2.24) is 9.55 Å². The van der Waals surface area contributed by atoms with Crippen molar-refractivity contribution in [3.05, 3.63) is 40.5 Å². The van der Waals surface area contributed by atoms with Gasteiger partial charge in [-0.2, -0.15) is 8.42 Å². The van der Waals surface area contributed by atoms with E-state index in [4.69, 9.17) is 23.2 Å². The van der Waals surface area contributed by atoms with E-state index in [1.54, 1.807) is 7.05 Å². The largest absolute Gasteiger partial charge is 0.324 e. The minimum atomic E-state index is -3.98. The summed E-state index contributed by atoms with van der Waals surface area (Å²) >= 11 is 11.6. The van der Waals surface area contributed by atoms with Crippen LogP contribution in [0.25, 0.3) is 0 Å². The minimum absolute atomic E-state index is 0.0364. The molecule has 0 spiro atoms. The number of hydrogen-bond donors (Lipinski definition) is 1. The minimum Gasteiger partial charge on any atom is -0.324 e. The van der Waals surface area contributed by atoms with Crippen LogP contribution in [-0.2, 0) is 17.1 Å². The van der Waals surface area contributed by atoms with Gasteiger partial charge in [-0.05, 0) is 18.2 Å². The summed E-state index contributed by atoms with van der Waals surface area (Å²) in [6, 6.07) is 3.30. The molecular weight excluding hydrogens is 316 g/mol. The maximum atomic E-state index is 12.9. The second kappa shape index (κ2) is 4.99. The van der Waals surface area contributed by atoms with E-state index in [9.17, 15) is 12.8 Å². The zero-order chi connectivity index (χ0) is 14.2. The number of nitrogens with zero attached hydrogens (tertiary/aromatic N) is 2. The van der Waals surface area contributed by atoms with Crippen molar-refractivity contribution in [2.75, 3.05) is 4.72 Å². The molecule has 5 nitrogen and oxygen atoms in total. The van der Waals surface area contributed by atoms with Crippen molar-refractivity contribution in [2.24, 2.45) is 7.05 Å². The number of benzene rings is 1. The van der Waals surface area contributed by atoms with Gasteiger partial charge in [0.1, 0.15) is 11.0 Å². The summed E-state index contributed by atoms with van der Waals surface area (Å²) in [6.07, 6.45) is 1.27. The summed E-state index contributed by atoms with van der Waals surface area (Å²) in [5, 5.41) is -0.418. The standard InChI is InChI=1S/C10H8Cl2FN3O2S/c1-16-5-14-10(9(16)12)19(17,18)15-8-3-2-6(13)4-7(8)11/h2-5,15H,1H3. The Hall–Kier alpha value is -1.31. The van der Waals surface area contributed by atoms with E-state index in [1.807, 2.05) is 0 Å². The van der Waals surface area contributed by atoms with Gasteiger partial charge >= 0.3 is 0 Å². The van der Waals surface area contributed by atoms with Gasteiger partial charge in [-0.25, -0.2) is 9.37 Å². The van der Waals surface area contributed by atoms with Crippen LogP contribution < -0.4 is 4.72 Å². The molecule has 0 atom stereocenters. The molecular formula is C10H8Cl2FN3O2S.